The van der Waals surface area contributed by atoms with Crippen LogP contribution in [0, 0.1) is 31.1 Å². The maximum absolute atomic E-state index is 12.7. The van der Waals surface area contributed by atoms with E-state index in [1.165, 1.54) is 0 Å². The first-order valence-electron chi connectivity index (χ1n) is 10.6. The van der Waals surface area contributed by atoms with Gasteiger partial charge in [0.2, 0.25) is 10.0 Å². The quantitative estimate of drug-likeness (QED) is 0.419. The van der Waals surface area contributed by atoms with Crippen molar-refractivity contribution in [3.63, 3.8) is 0 Å². The maximum Gasteiger partial charge on any atom is 0.573 e. The van der Waals surface area contributed by atoms with E-state index in [1.54, 1.807) is 0 Å². The highest BCUT2D eigenvalue weighted by molar-refractivity contribution is 7.89. The number of benzene rings is 3. The summed E-state index contributed by atoms with van der Waals surface area (Å²) >= 11 is 0. The normalized spacial score (nSPS) is 12.6. The van der Waals surface area contributed by atoms with E-state index in [-0.39, 0.29) is 18.0 Å². The SMILES string of the molecule is Cc1ccccc1N(CC(C#N)CNS(=O)(=O)c1ccc(OC(F)(F)F)cc1)c1ccccc1C. The number of para-hydroxylation sites is 2. The van der Waals surface area contributed by atoms with Gasteiger partial charge in [0.25, 0.3) is 0 Å². The summed E-state index contributed by atoms with van der Waals surface area (Å²) in [6.07, 6.45) is -4.88. The number of alkyl halides is 3. The molecule has 1 unspecified atom stereocenters. The van der Waals surface area contributed by atoms with E-state index in [0.29, 0.717) is 0 Å². The molecule has 0 heterocycles. The van der Waals surface area contributed by atoms with E-state index in [2.05, 4.69) is 15.5 Å². The standard InChI is InChI=1S/C25H24F3N3O3S/c1-18-7-3-5-9-23(18)31(24-10-6-4-8-19(24)2)17-20(15-29)16-30-35(32,33)22-13-11-21(12-14-22)34-25(26,27)28/h3-14,20,30H,16-17H2,1-2H3. The predicted octanol–water partition coefficient (Wildman–Crippen LogP) is 5.46. The molecule has 0 spiro atoms. The van der Waals surface area contributed by atoms with Crippen LogP contribution in [-0.4, -0.2) is 27.9 Å². The van der Waals surface area contributed by atoms with Gasteiger partial charge in [-0.2, -0.15) is 5.26 Å². The van der Waals surface area contributed by atoms with Crippen LogP contribution in [0.4, 0.5) is 24.5 Å². The summed E-state index contributed by atoms with van der Waals surface area (Å²) in [7, 11) is -4.06. The first kappa shape index (κ1) is 26.1. The molecule has 0 saturated heterocycles. The zero-order valence-corrected chi connectivity index (χ0v) is 19.9. The first-order valence-corrected chi connectivity index (χ1v) is 12.1. The van der Waals surface area contributed by atoms with Crippen LogP contribution < -0.4 is 14.4 Å². The molecule has 0 aliphatic heterocycles. The molecule has 0 fully saturated rings. The van der Waals surface area contributed by atoms with E-state index in [1.807, 2.05) is 67.3 Å². The topological polar surface area (TPSA) is 82.4 Å². The van der Waals surface area contributed by atoms with Crippen molar-refractivity contribution in [3.05, 3.63) is 83.9 Å². The van der Waals surface area contributed by atoms with Crippen molar-refractivity contribution in [2.24, 2.45) is 5.92 Å². The highest BCUT2D eigenvalue weighted by Gasteiger charge is 2.31. The van der Waals surface area contributed by atoms with E-state index in [4.69, 9.17) is 0 Å². The Hall–Kier alpha value is -3.55. The minimum Gasteiger partial charge on any atom is -0.406 e. The summed E-state index contributed by atoms with van der Waals surface area (Å²) < 4.78 is 68.5. The van der Waals surface area contributed by atoms with Gasteiger partial charge in [-0.1, -0.05) is 36.4 Å². The van der Waals surface area contributed by atoms with Gasteiger partial charge in [-0.15, -0.1) is 13.2 Å². The van der Waals surface area contributed by atoms with Crippen LogP contribution in [-0.2, 0) is 10.0 Å². The van der Waals surface area contributed by atoms with E-state index in [9.17, 15) is 26.9 Å². The lowest BCUT2D eigenvalue weighted by Gasteiger charge is -2.30. The number of anilines is 2. The number of rotatable bonds is 9. The van der Waals surface area contributed by atoms with Gasteiger partial charge in [-0.3, -0.25) is 0 Å². The van der Waals surface area contributed by atoms with E-state index in [0.717, 1.165) is 46.8 Å². The zero-order chi connectivity index (χ0) is 25.6. The Balaban J connectivity index is 1.78. The summed E-state index contributed by atoms with van der Waals surface area (Å²) in [5, 5.41) is 9.78. The van der Waals surface area contributed by atoms with Gasteiger partial charge < -0.3 is 9.64 Å². The van der Waals surface area contributed by atoms with Crippen LogP contribution in [0.2, 0.25) is 0 Å². The molecular formula is C25H24F3N3O3S. The smallest absolute Gasteiger partial charge is 0.406 e. The molecule has 6 nitrogen and oxygen atoms in total. The third-order valence-electron chi connectivity index (χ3n) is 5.29. The molecule has 3 aromatic rings. The number of hydrogen-bond donors (Lipinski definition) is 1. The highest BCUT2D eigenvalue weighted by Crippen LogP contribution is 2.31. The van der Waals surface area contributed by atoms with Crippen molar-refractivity contribution in [3.8, 4) is 11.8 Å². The second-order valence-electron chi connectivity index (χ2n) is 7.88. The zero-order valence-electron chi connectivity index (χ0n) is 19.1. The third kappa shape index (κ3) is 6.97. The average Bonchev–Trinajstić information content (AvgIpc) is 2.80. The molecule has 0 radical (unpaired) electrons. The van der Waals surface area contributed by atoms with Crippen LogP contribution >= 0.6 is 0 Å². The molecule has 35 heavy (non-hydrogen) atoms. The third-order valence-corrected chi connectivity index (χ3v) is 6.72. The lowest BCUT2D eigenvalue weighted by atomic mass is 10.1. The van der Waals surface area contributed by atoms with Crippen molar-refractivity contribution in [1.29, 1.82) is 5.26 Å². The van der Waals surface area contributed by atoms with Gasteiger partial charge in [-0.25, -0.2) is 13.1 Å². The van der Waals surface area contributed by atoms with Crippen LogP contribution in [0.15, 0.2) is 77.7 Å². The molecule has 0 amide bonds. The number of aryl methyl sites for hydroxylation is 2. The van der Waals surface area contributed by atoms with Crippen molar-refractivity contribution in [2.45, 2.75) is 25.1 Å². The molecule has 1 atom stereocenters. The van der Waals surface area contributed by atoms with Gasteiger partial charge >= 0.3 is 6.36 Å². The molecule has 1 N–H and O–H groups in total. The molecule has 0 aliphatic carbocycles. The fourth-order valence-corrected chi connectivity index (χ4v) is 4.63. The Bertz CT molecular complexity index is 1260. The van der Waals surface area contributed by atoms with Gasteiger partial charge in [0.1, 0.15) is 5.75 Å². The number of nitrogens with zero attached hydrogens (tertiary/aromatic N) is 2. The largest absolute Gasteiger partial charge is 0.573 e. The Morgan fingerprint density at radius 3 is 1.91 bits per heavy atom. The van der Waals surface area contributed by atoms with Crippen molar-refractivity contribution in [1.82, 2.24) is 4.72 Å². The summed E-state index contributed by atoms with van der Waals surface area (Å²) in [5.41, 5.74) is 3.78. The first-order chi connectivity index (χ1) is 16.5. The van der Waals surface area contributed by atoms with E-state index >= 15 is 0 Å². The predicted molar refractivity (Wildman–Crippen MR) is 127 cm³/mol. The van der Waals surface area contributed by atoms with Crippen LogP contribution in [0.5, 0.6) is 5.75 Å². The molecule has 3 aromatic carbocycles. The minimum atomic E-state index is -4.88. The number of halogens is 3. The summed E-state index contributed by atoms with van der Waals surface area (Å²) in [6, 6.07) is 21.4. The second-order valence-corrected chi connectivity index (χ2v) is 9.65. The Labute approximate surface area is 202 Å². The molecule has 0 saturated carbocycles. The molecule has 0 bridgehead atoms. The monoisotopic (exact) mass is 503 g/mol. The molecule has 184 valence electrons. The fraction of sp³-hybridized carbons (Fsp3) is 0.240. The minimum absolute atomic E-state index is 0.187. The summed E-state index contributed by atoms with van der Waals surface area (Å²) in [6.45, 7) is 3.94. The van der Waals surface area contributed by atoms with Crippen molar-refractivity contribution >= 4 is 21.4 Å². The van der Waals surface area contributed by atoms with Gasteiger partial charge in [0.05, 0.1) is 16.9 Å². The van der Waals surface area contributed by atoms with Gasteiger partial charge in [-0.05, 0) is 61.4 Å². The van der Waals surface area contributed by atoms with E-state index < -0.39 is 28.1 Å². The summed E-state index contributed by atoms with van der Waals surface area (Å²) in [5.74, 6) is -1.25. The second kappa shape index (κ2) is 10.8. The number of ether oxygens (including phenoxy) is 1. The Morgan fingerprint density at radius 2 is 1.46 bits per heavy atom. The number of nitriles is 1. The molecule has 0 aromatic heterocycles. The Kier molecular flexibility index (Phi) is 8.04. The maximum atomic E-state index is 12.7. The molecule has 3 rings (SSSR count). The van der Waals surface area contributed by atoms with Gasteiger partial charge in [0, 0.05) is 24.5 Å². The lowest BCUT2D eigenvalue weighted by Crippen LogP contribution is -2.35. The average molecular weight is 504 g/mol. The van der Waals surface area contributed by atoms with Crippen molar-refractivity contribution < 1.29 is 26.3 Å². The fourth-order valence-electron chi connectivity index (χ4n) is 3.54. The molecule has 0 aliphatic rings. The van der Waals surface area contributed by atoms with Gasteiger partial charge in [0.15, 0.2) is 0 Å². The van der Waals surface area contributed by atoms with Crippen molar-refractivity contribution in [2.75, 3.05) is 18.0 Å². The highest BCUT2D eigenvalue weighted by atomic mass is 32.2. The number of hydrogen-bond acceptors (Lipinski definition) is 5. The van der Waals surface area contributed by atoms with Crippen LogP contribution in [0.1, 0.15) is 11.1 Å². The van der Waals surface area contributed by atoms with Crippen LogP contribution in [0.25, 0.3) is 0 Å². The number of nitrogens with one attached hydrogen (secondary N) is 1. The van der Waals surface area contributed by atoms with Crippen LogP contribution in [0.3, 0.4) is 0 Å². The number of sulfonamides is 1. The molecule has 10 heteroatoms. The molecular weight excluding hydrogens is 479 g/mol. The summed E-state index contributed by atoms with van der Waals surface area (Å²) in [4.78, 5) is 1.74. The lowest BCUT2D eigenvalue weighted by molar-refractivity contribution is -0.274. The Morgan fingerprint density at radius 1 is 0.943 bits per heavy atom.